The van der Waals surface area contributed by atoms with Gasteiger partial charge in [-0.2, -0.15) is 0 Å². The van der Waals surface area contributed by atoms with Crippen LogP contribution in [0.15, 0.2) is 162 Å². The van der Waals surface area contributed by atoms with E-state index in [9.17, 15) is 0 Å². The van der Waals surface area contributed by atoms with Crippen LogP contribution in [-0.4, -0.2) is 15.0 Å². The molecule has 9 rings (SSSR count). The zero-order chi connectivity index (χ0) is 33.4. The lowest BCUT2D eigenvalue weighted by molar-refractivity contribution is 0.669. The predicted molar refractivity (Wildman–Crippen MR) is 206 cm³/mol. The summed E-state index contributed by atoms with van der Waals surface area (Å²) in [7, 11) is 0. The van der Waals surface area contributed by atoms with Crippen molar-refractivity contribution in [3.63, 3.8) is 0 Å². The molecular formula is C46H33N3O. The second-order valence-electron chi connectivity index (χ2n) is 12.8. The van der Waals surface area contributed by atoms with Gasteiger partial charge >= 0.3 is 0 Å². The summed E-state index contributed by atoms with van der Waals surface area (Å²) in [4.78, 5) is 15.4. The zero-order valence-electron chi connectivity index (χ0n) is 27.7. The lowest BCUT2D eigenvalue weighted by atomic mass is 9.96. The molecule has 0 bridgehead atoms. The molecule has 7 aromatic carbocycles. The van der Waals surface area contributed by atoms with Crippen molar-refractivity contribution in [2.24, 2.45) is 0 Å². The molecule has 0 N–H and O–H groups in total. The summed E-state index contributed by atoms with van der Waals surface area (Å²) in [6.07, 6.45) is 2.15. The third-order valence-electron chi connectivity index (χ3n) is 9.38. The average molecular weight is 644 g/mol. The van der Waals surface area contributed by atoms with Gasteiger partial charge in [-0.25, -0.2) is 15.0 Å². The lowest BCUT2D eigenvalue weighted by Crippen LogP contribution is -2.00. The lowest BCUT2D eigenvalue weighted by Gasteiger charge is -2.12. The van der Waals surface area contributed by atoms with Crippen LogP contribution >= 0.6 is 0 Å². The number of hydrogen-bond donors (Lipinski definition) is 0. The zero-order valence-corrected chi connectivity index (χ0v) is 27.7. The van der Waals surface area contributed by atoms with E-state index in [1.165, 1.54) is 10.9 Å². The van der Waals surface area contributed by atoms with E-state index in [0.29, 0.717) is 17.5 Å². The minimum absolute atomic E-state index is 0.596. The summed E-state index contributed by atoms with van der Waals surface area (Å²) in [5.41, 5.74) is 10.2. The highest BCUT2D eigenvalue weighted by Gasteiger charge is 2.17. The first-order valence-corrected chi connectivity index (χ1v) is 17.2. The van der Waals surface area contributed by atoms with Gasteiger partial charge in [-0.1, -0.05) is 123 Å². The van der Waals surface area contributed by atoms with Gasteiger partial charge in [-0.3, -0.25) is 0 Å². The quantitative estimate of drug-likeness (QED) is 0.173. The maximum atomic E-state index is 6.38. The molecule has 0 spiro atoms. The maximum Gasteiger partial charge on any atom is 0.164 e. The topological polar surface area (TPSA) is 51.8 Å². The molecule has 0 aliphatic carbocycles. The van der Waals surface area contributed by atoms with Crippen molar-refractivity contribution >= 4 is 32.7 Å². The number of fused-ring (bicyclic) bond motifs is 4. The molecule has 2 aromatic heterocycles. The monoisotopic (exact) mass is 643 g/mol. The highest BCUT2D eigenvalue weighted by atomic mass is 16.3. The highest BCUT2D eigenvalue weighted by Crippen LogP contribution is 2.36. The number of hydrogen-bond acceptors (Lipinski definition) is 4. The second-order valence-corrected chi connectivity index (χ2v) is 12.8. The Hall–Kier alpha value is -6.39. The summed E-state index contributed by atoms with van der Waals surface area (Å²) in [5, 5.41) is 4.54. The molecular weight excluding hydrogens is 611 g/mol. The van der Waals surface area contributed by atoms with Crippen LogP contribution in [-0.2, 0) is 6.42 Å². The van der Waals surface area contributed by atoms with E-state index < -0.39 is 0 Å². The van der Waals surface area contributed by atoms with Gasteiger partial charge in [-0.05, 0) is 93.5 Å². The highest BCUT2D eigenvalue weighted by molar-refractivity contribution is 6.06. The van der Waals surface area contributed by atoms with Gasteiger partial charge in [0.15, 0.2) is 17.5 Å². The molecule has 0 fully saturated rings. The van der Waals surface area contributed by atoms with Crippen LogP contribution in [0.2, 0.25) is 0 Å². The fourth-order valence-electron chi connectivity index (χ4n) is 6.85. The van der Waals surface area contributed by atoms with E-state index in [1.807, 2.05) is 12.1 Å². The minimum atomic E-state index is 0.596. The number of furan rings is 1. The average Bonchev–Trinajstić information content (AvgIpc) is 3.55. The summed E-state index contributed by atoms with van der Waals surface area (Å²) in [6.45, 7) is 2.21. The van der Waals surface area contributed by atoms with Gasteiger partial charge in [0.05, 0.1) is 0 Å². The molecule has 9 aromatic rings. The Morgan fingerprint density at radius 2 is 0.980 bits per heavy atom. The van der Waals surface area contributed by atoms with Crippen LogP contribution in [0, 0.1) is 0 Å². The standard InChI is InChI=1S/C46H33N3O/c1-2-11-30-18-23-42-41(24-30)40-22-21-36(29-43(40)50-42)45-47-44(35-20-19-33-16-9-10-17-34(33)25-35)48-46(49-45)39-27-37(31-12-5-3-6-13-31)26-38(28-39)32-14-7-4-8-15-32/h3-10,12-29H,2,11H2,1H3. The first-order valence-electron chi connectivity index (χ1n) is 17.2. The normalized spacial score (nSPS) is 11.5. The van der Waals surface area contributed by atoms with E-state index in [0.717, 1.165) is 79.1 Å². The molecule has 0 amide bonds. The fourth-order valence-corrected chi connectivity index (χ4v) is 6.85. The second kappa shape index (κ2) is 12.6. The van der Waals surface area contributed by atoms with Crippen LogP contribution in [0.25, 0.3) is 89.1 Å². The third kappa shape index (κ3) is 5.61. The fraction of sp³-hybridized carbons (Fsp3) is 0.0652. The van der Waals surface area contributed by atoms with Crippen LogP contribution < -0.4 is 0 Å². The Labute approximate surface area is 290 Å². The third-order valence-corrected chi connectivity index (χ3v) is 9.38. The number of benzene rings is 7. The first kappa shape index (κ1) is 29.7. The summed E-state index contributed by atoms with van der Waals surface area (Å²) >= 11 is 0. The molecule has 0 unspecified atom stereocenters. The smallest absolute Gasteiger partial charge is 0.164 e. The van der Waals surface area contributed by atoms with Crippen molar-refractivity contribution in [2.75, 3.05) is 0 Å². The minimum Gasteiger partial charge on any atom is -0.456 e. The van der Waals surface area contributed by atoms with Gasteiger partial charge < -0.3 is 4.42 Å². The SMILES string of the molecule is CCCc1ccc2oc3cc(-c4nc(-c5cc(-c6ccccc6)cc(-c6ccccc6)c5)nc(-c5ccc6ccccc6c5)n4)ccc3c2c1. The molecule has 4 heteroatoms. The Kier molecular flexibility index (Phi) is 7.47. The number of aryl methyl sites for hydroxylation is 1. The van der Waals surface area contributed by atoms with Crippen molar-refractivity contribution in [1.29, 1.82) is 0 Å². The van der Waals surface area contributed by atoms with Crippen molar-refractivity contribution in [3.05, 3.63) is 163 Å². The number of nitrogens with zero attached hydrogens (tertiary/aromatic N) is 3. The molecule has 2 heterocycles. The molecule has 0 aliphatic rings. The summed E-state index contributed by atoms with van der Waals surface area (Å²) in [6, 6.07) is 55.1. The molecule has 0 saturated carbocycles. The Morgan fingerprint density at radius 3 is 1.66 bits per heavy atom. The van der Waals surface area contributed by atoms with Crippen molar-refractivity contribution in [3.8, 4) is 56.4 Å². The van der Waals surface area contributed by atoms with Crippen molar-refractivity contribution < 1.29 is 4.42 Å². The molecule has 0 saturated heterocycles. The van der Waals surface area contributed by atoms with E-state index in [1.54, 1.807) is 0 Å². The molecule has 0 radical (unpaired) electrons. The van der Waals surface area contributed by atoms with E-state index >= 15 is 0 Å². The van der Waals surface area contributed by atoms with Crippen LogP contribution in [0.3, 0.4) is 0 Å². The van der Waals surface area contributed by atoms with Gasteiger partial charge in [0.1, 0.15) is 11.2 Å². The van der Waals surface area contributed by atoms with Gasteiger partial charge in [0.2, 0.25) is 0 Å². The molecule has 0 atom stereocenters. The van der Waals surface area contributed by atoms with Crippen LogP contribution in [0.1, 0.15) is 18.9 Å². The summed E-state index contributed by atoms with van der Waals surface area (Å²) < 4.78 is 6.38. The first-order chi connectivity index (χ1) is 24.7. The van der Waals surface area contributed by atoms with E-state index in [2.05, 4.69) is 153 Å². The summed E-state index contributed by atoms with van der Waals surface area (Å²) in [5.74, 6) is 1.83. The largest absolute Gasteiger partial charge is 0.456 e. The van der Waals surface area contributed by atoms with Crippen molar-refractivity contribution in [1.82, 2.24) is 15.0 Å². The molecule has 0 aliphatic heterocycles. The molecule has 4 nitrogen and oxygen atoms in total. The van der Waals surface area contributed by atoms with Gasteiger partial charge in [0.25, 0.3) is 0 Å². The Bertz CT molecular complexity index is 2600. The van der Waals surface area contributed by atoms with E-state index in [4.69, 9.17) is 19.4 Å². The van der Waals surface area contributed by atoms with Gasteiger partial charge in [0, 0.05) is 27.5 Å². The van der Waals surface area contributed by atoms with Crippen molar-refractivity contribution in [2.45, 2.75) is 19.8 Å². The number of aromatic nitrogens is 3. The molecule has 50 heavy (non-hydrogen) atoms. The van der Waals surface area contributed by atoms with Crippen LogP contribution in [0.5, 0.6) is 0 Å². The van der Waals surface area contributed by atoms with E-state index in [-0.39, 0.29) is 0 Å². The molecule has 238 valence electrons. The number of rotatable bonds is 7. The Balaban J connectivity index is 1.25. The van der Waals surface area contributed by atoms with Crippen LogP contribution in [0.4, 0.5) is 0 Å². The Morgan fingerprint density at radius 1 is 0.400 bits per heavy atom. The maximum absolute atomic E-state index is 6.38. The van der Waals surface area contributed by atoms with Gasteiger partial charge in [-0.15, -0.1) is 0 Å². The predicted octanol–water partition coefficient (Wildman–Crippen LogP) is 12.2.